The van der Waals surface area contributed by atoms with Crippen molar-refractivity contribution >= 4 is 21.8 Å². The van der Waals surface area contributed by atoms with Crippen molar-refractivity contribution in [3.05, 3.63) is 29.3 Å². The summed E-state index contributed by atoms with van der Waals surface area (Å²) in [7, 11) is -3.45. The number of aryl methyl sites for hydroxylation is 1. The molecule has 0 amide bonds. The second-order valence-corrected chi connectivity index (χ2v) is 8.14. The Bertz CT molecular complexity index is 570. The van der Waals surface area contributed by atoms with E-state index in [0.717, 1.165) is 42.3 Å². The first-order chi connectivity index (χ1) is 10.0. The molecule has 0 unspecified atom stereocenters. The van der Waals surface area contributed by atoms with Crippen molar-refractivity contribution in [1.29, 1.82) is 0 Å². The van der Waals surface area contributed by atoms with Crippen LogP contribution in [0.4, 0.5) is 0 Å². The van der Waals surface area contributed by atoms with E-state index in [1.807, 2.05) is 18.7 Å². The minimum atomic E-state index is -3.45. The molecule has 1 saturated heterocycles. The van der Waals surface area contributed by atoms with Crippen LogP contribution in [0.2, 0.25) is 0 Å². The Hall–Kier alpha value is -0.600. The van der Waals surface area contributed by atoms with Gasteiger partial charge in [0.2, 0.25) is 10.0 Å². The van der Waals surface area contributed by atoms with Crippen molar-refractivity contribution in [3.63, 3.8) is 0 Å². The second kappa shape index (κ2) is 7.60. The SMILES string of the molecule is Cc1ccc(S(=O)(=O)NCCN2CCSCC2)cc1CN. The number of hydrogen-bond acceptors (Lipinski definition) is 5. The Balaban J connectivity index is 1.94. The number of nitrogens with two attached hydrogens (primary N) is 1. The maximum Gasteiger partial charge on any atom is 0.240 e. The Kier molecular flexibility index (Phi) is 6.07. The van der Waals surface area contributed by atoms with Gasteiger partial charge in [0.05, 0.1) is 4.90 Å². The van der Waals surface area contributed by atoms with E-state index in [1.54, 1.807) is 18.2 Å². The summed E-state index contributed by atoms with van der Waals surface area (Å²) >= 11 is 1.95. The molecule has 7 heteroatoms. The summed E-state index contributed by atoms with van der Waals surface area (Å²) in [6, 6.07) is 5.10. The fraction of sp³-hybridized carbons (Fsp3) is 0.571. The van der Waals surface area contributed by atoms with Crippen LogP contribution in [0.5, 0.6) is 0 Å². The molecule has 3 N–H and O–H groups in total. The van der Waals surface area contributed by atoms with Crippen molar-refractivity contribution in [1.82, 2.24) is 9.62 Å². The first kappa shape index (κ1) is 16.8. The Morgan fingerprint density at radius 2 is 2.05 bits per heavy atom. The number of sulfonamides is 1. The molecule has 0 saturated carbocycles. The minimum Gasteiger partial charge on any atom is -0.326 e. The van der Waals surface area contributed by atoms with Crippen LogP contribution in [0, 0.1) is 6.92 Å². The van der Waals surface area contributed by atoms with Gasteiger partial charge in [-0.3, -0.25) is 0 Å². The lowest BCUT2D eigenvalue weighted by Crippen LogP contribution is -2.39. The zero-order valence-electron chi connectivity index (χ0n) is 12.3. The van der Waals surface area contributed by atoms with Gasteiger partial charge < -0.3 is 10.6 Å². The smallest absolute Gasteiger partial charge is 0.240 e. The Morgan fingerprint density at radius 3 is 2.71 bits per heavy atom. The van der Waals surface area contributed by atoms with Gasteiger partial charge in [0.25, 0.3) is 0 Å². The number of nitrogens with zero attached hydrogens (tertiary/aromatic N) is 1. The van der Waals surface area contributed by atoms with Gasteiger partial charge in [-0.05, 0) is 30.2 Å². The van der Waals surface area contributed by atoms with Crippen molar-refractivity contribution in [2.24, 2.45) is 5.73 Å². The van der Waals surface area contributed by atoms with Gasteiger partial charge in [-0.25, -0.2) is 13.1 Å². The lowest BCUT2D eigenvalue weighted by atomic mass is 10.1. The van der Waals surface area contributed by atoms with Crippen molar-refractivity contribution in [2.75, 3.05) is 37.7 Å². The summed E-state index contributed by atoms with van der Waals surface area (Å²) in [6.45, 7) is 5.55. The highest BCUT2D eigenvalue weighted by molar-refractivity contribution is 7.99. The van der Waals surface area contributed by atoms with Crippen LogP contribution in [-0.4, -0.2) is 51.0 Å². The second-order valence-electron chi connectivity index (χ2n) is 5.14. The van der Waals surface area contributed by atoms with E-state index in [1.165, 1.54) is 0 Å². The molecule has 1 aliphatic heterocycles. The molecule has 5 nitrogen and oxygen atoms in total. The molecular formula is C14H23N3O2S2. The predicted molar refractivity (Wildman–Crippen MR) is 88.0 cm³/mol. The molecule has 0 aromatic heterocycles. The molecule has 0 bridgehead atoms. The first-order valence-electron chi connectivity index (χ1n) is 7.12. The summed E-state index contributed by atoms with van der Waals surface area (Å²) in [4.78, 5) is 2.59. The lowest BCUT2D eigenvalue weighted by Gasteiger charge is -2.26. The van der Waals surface area contributed by atoms with E-state index in [2.05, 4.69) is 9.62 Å². The standard InChI is InChI=1S/C14H23N3O2S2/c1-12-2-3-14(10-13(12)11-15)21(18,19)16-4-5-17-6-8-20-9-7-17/h2-3,10,16H,4-9,11,15H2,1H3. The van der Waals surface area contributed by atoms with Gasteiger partial charge in [0.1, 0.15) is 0 Å². The molecule has 1 aromatic carbocycles. The van der Waals surface area contributed by atoms with Gasteiger partial charge in [0, 0.05) is 44.2 Å². The molecular weight excluding hydrogens is 306 g/mol. The zero-order valence-corrected chi connectivity index (χ0v) is 14.0. The van der Waals surface area contributed by atoms with Gasteiger partial charge >= 0.3 is 0 Å². The van der Waals surface area contributed by atoms with Crippen LogP contribution in [0.25, 0.3) is 0 Å². The predicted octanol–water partition coefficient (Wildman–Crippen LogP) is 0.781. The van der Waals surface area contributed by atoms with Crippen molar-refractivity contribution in [2.45, 2.75) is 18.4 Å². The largest absolute Gasteiger partial charge is 0.326 e. The number of rotatable bonds is 6. The molecule has 1 fully saturated rings. The van der Waals surface area contributed by atoms with Gasteiger partial charge in [-0.15, -0.1) is 0 Å². The van der Waals surface area contributed by atoms with Gasteiger partial charge in [-0.2, -0.15) is 11.8 Å². The van der Waals surface area contributed by atoms with E-state index in [9.17, 15) is 8.42 Å². The van der Waals surface area contributed by atoms with E-state index in [-0.39, 0.29) is 0 Å². The van der Waals surface area contributed by atoms with E-state index < -0.39 is 10.0 Å². The first-order valence-corrected chi connectivity index (χ1v) is 9.76. The molecule has 2 rings (SSSR count). The number of nitrogens with one attached hydrogen (secondary N) is 1. The summed E-state index contributed by atoms with van der Waals surface area (Å²) < 4.78 is 27.2. The Morgan fingerprint density at radius 1 is 1.33 bits per heavy atom. The van der Waals surface area contributed by atoms with Crippen LogP contribution in [0.3, 0.4) is 0 Å². The van der Waals surface area contributed by atoms with Crippen LogP contribution in [0.1, 0.15) is 11.1 Å². The van der Waals surface area contributed by atoms with E-state index in [0.29, 0.717) is 18.0 Å². The number of thioether (sulfide) groups is 1. The summed E-state index contributed by atoms with van der Waals surface area (Å²) in [5, 5.41) is 0. The number of benzene rings is 1. The average molecular weight is 329 g/mol. The third-order valence-electron chi connectivity index (χ3n) is 3.67. The molecule has 0 radical (unpaired) electrons. The average Bonchev–Trinajstić information content (AvgIpc) is 2.48. The normalized spacial score (nSPS) is 17.0. The van der Waals surface area contributed by atoms with Crippen molar-refractivity contribution in [3.8, 4) is 0 Å². The van der Waals surface area contributed by atoms with E-state index >= 15 is 0 Å². The maximum atomic E-state index is 12.3. The summed E-state index contributed by atoms with van der Waals surface area (Å²) in [5.74, 6) is 2.26. The van der Waals surface area contributed by atoms with Crippen molar-refractivity contribution < 1.29 is 8.42 Å². The third kappa shape index (κ3) is 4.69. The fourth-order valence-corrected chi connectivity index (χ4v) is 4.33. The highest BCUT2D eigenvalue weighted by Crippen LogP contribution is 2.15. The molecule has 118 valence electrons. The van der Waals surface area contributed by atoms with Crippen LogP contribution in [0.15, 0.2) is 23.1 Å². The lowest BCUT2D eigenvalue weighted by molar-refractivity contribution is 0.307. The summed E-state index contributed by atoms with van der Waals surface area (Å²) in [5.41, 5.74) is 7.52. The van der Waals surface area contributed by atoms with Gasteiger partial charge in [0.15, 0.2) is 0 Å². The molecule has 1 aliphatic rings. The van der Waals surface area contributed by atoms with Crippen LogP contribution in [-0.2, 0) is 16.6 Å². The highest BCUT2D eigenvalue weighted by Gasteiger charge is 2.16. The van der Waals surface area contributed by atoms with Crippen LogP contribution < -0.4 is 10.5 Å². The molecule has 21 heavy (non-hydrogen) atoms. The van der Waals surface area contributed by atoms with Crippen LogP contribution >= 0.6 is 11.8 Å². The quantitative estimate of drug-likeness (QED) is 0.807. The van der Waals surface area contributed by atoms with E-state index in [4.69, 9.17) is 5.73 Å². The molecule has 0 atom stereocenters. The fourth-order valence-electron chi connectivity index (χ4n) is 2.28. The molecule has 0 aliphatic carbocycles. The maximum absolute atomic E-state index is 12.3. The topological polar surface area (TPSA) is 75.4 Å². The third-order valence-corrected chi connectivity index (χ3v) is 6.08. The molecule has 1 aromatic rings. The monoisotopic (exact) mass is 329 g/mol. The molecule has 1 heterocycles. The highest BCUT2D eigenvalue weighted by atomic mass is 32.2. The Labute approximate surface area is 131 Å². The number of hydrogen-bond donors (Lipinski definition) is 2. The zero-order chi connectivity index (χ0) is 15.3. The minimum absolute atomic E-state index is 0.294. The molecule has 0 spiro atoms. The van der Waals surface area contributed by atoms with Gasteiger partial charge in [-0.1, -0.05) is 6.07 Å². The summed E-state index contributed by atoms with van der Waals surface area (Å²) in [6.07, 6.45) is 0.